The van der Waals surface area contributed by atoms with Gasteiger partial charge in [0.25, 0.3) is 0 Å². The second-order valence-electron chi connectivity index (χ2n) is 9.27. The van der Waals surface area contributed by atoms with E-state index in [9.17, 15) is 19.2 Å². The van der Waals surface area contributed by atoms with Crippen molar-refractivity contribution >= 4 is 23.6 Å². The van der Waals surface area contributed by atoms with Crippen molar-refractivity contribution in [2.75, 3.05) is 6.54 Å². The maximum absolute atomic E-state index is 13.6. The number of esters is 2. The second kappa shape index (κ2) is 7.73. The van der Waals surface area contributed by atoms with Crippen LogP contribution in [0.4, 0.5) is 0 Å². The Labute approximate surface area is 171 Å². The Kier molecular flexibility index (Phi) is 5.42. The molecule has 160 valence electrons. The van der Waals surface area contributed by atoms with E-state index in [0.717, 1.165) is 19.3 Å². The van der Waals surface area contributed by atoms with Crippen molar-refractivity contribution in [2.24, 2.45) is 29.6 Å². The normalized spacial score (nSPS) is 43.1. The molecular weight excluding hydrogens is 374 g/mol. The molecule has 0 aromatic heterocycles. The first-order valence-corrected chi connectivity index (χ1v) is 11.1. The van der Waals surface area contributed by atoms with Crippen LogP contribution in [0.2, 0.25) is 0 Å². The summed E-state index contributed by atoms with van der Waals surface area (Å²) in [5.41, 5.74) is 0. The Morgan fingerprint density at radius 1 is 1.03 bits per heavy atom. The lowest BCUT2D eigenvalue weighted by Crippen LogP contribution is -2.50. The van der Waals surface area contributed by atoms with Crippen molar-refractivity contribution in [3.8, 4) is 0 Å². The molecule has 0 saturated carbocycles. The zero-order chi connectivity index (χ0) is 20.9. The Balaban J connectivity index is 1.76. The number of ketones is 1. The zero-order valence-corrected chi connectivity index (χ0v) is 17.5. The molecule has 29 heavy (non-hydrogen) atoms. The van der Waals surface area contributed by atoms with Gasteiger partial charge in [0.15, 0.2) is 0 Å². The maximum atomic E-state index is 13.6. The van der Waals surface area contributed by atoms with Crippen molar-refractivity contribution in [2.45, 2.75) is 77.5 Å². The Hall–Kier alpha value is -1.92. The van der Waals surface area contributed by atoms with E-state index in [4.69, 9.17) is 9.47 Å². The number of hydrogen-bond acceptors (Lipinski definition) is 6. The highest BCUT2D eigenvalue weighted by Gasteiger charge is 2.55. The topological polar surface area (TPSA) is 90.0 Å². The van der Waals surface area contributed by atoms with Gasteiger partial charge < -0.3 is 14.4 Å². The van der Waals surface area contributed by atoms with Crippen molar-refractivity contribution < 1.29 is 28.7 Å². The minimum atomic E-state index is -0.535. The Morgan fingerprint density at radius 3 is 2.45 bits per heavy atom. The highest BCUT2D eigenvalue weighted by molar-refractivity contribution is 5.91. The van der Waals surface area contributed by atoms with E-state index >= 15 is 0 Å². The lowest BCUT2D eigenvalue weighted by molar-refractivity contribution is -0.153. The van der Waals surface area contributed by atoms with E-state index in [1.165, 1.54) is 0 Å². The molecule has 8 atom stereocenters. The van der Waals surface area contributed by atoms with Crippen LogP contribution < -0.4 is 0 Å². The molecule has 0 aromatic rings. The summed E-state index contributed by atoms with van der Waals surface area (Å²) in [4.78, 5) is 53.3. The largest absolute Gasteiger partial charge is 0.461 e. The number of hydrogen-bond donors (Lipinski definition) is 0. The maximum Gasteiger partial charge on any atom is 0.309 e. The number of amides is 1. The molecule has 4 fully saturated rings. The Morgan fingerprint density at radius 2 is 1.79 bits per heavy atom. The molecule has 7 nitrogen and oxygen atoms in total. The average molecular weight is 405 g/mol. The van der Waals surface area contributed by atoms with Crippen LogP contribution in [0, 0.1) is 29.6 Å². The molecule has 4 saturated heterocycles. The molecule has 0 spiro atoms. The van der Waals surface area contributed by atoms with Crippen LogP contribution in [0.1, 0.15) is 59.3 Å². The molecular formula is C22H31NO6. The van der Waals surface area contributed by atoms with E-state index in [1.807, 2.05) is 18.7 Å². The van der Waals surface area contributed by atoms with Gasteiger partial charge in [-0.1, -0.05) is 27.2 Å². The molecule has 4 heterocycles. The number of ether oxygens (including phenoxy) is 2. The molecule has 1 amide bonds. The van der Waals surface area contributed by atoms with Gasteiger partial charge in [-0.05, 0) is 25.7 Å². The predicted octanol–water partition coefficient (Wildman–Crippen LogP) is 2.11. The molecule has 0 aromatic carbocycles. The minimum Gasteiger partial charge on any atom is -0.461 e. The van der Waals surface area contributed by atoms with E-state index in [0.29, 0.717) is 19.4 Å². The zero-order valence-electron chi connectivity index (χ0n) is 17.5. The summed E-state index contributed by atoms with van der Waals surface area (Å²) in [5, 5.41) is 0. The number of carbonyl (C=O) groups excluding carboxylic acids is 4. The second-order valence-corrected chi connectivity index (χ2v) is 9.27. The lowest BCUT2D eigenvalue weighted by atomic mass is 9.74. The van der Waals surface area contributed by atoms with Crippen molar-refractivity contribution in [1.82, 2.24) is 4.90 Å². The number of rotatable bonds is 2. The number of nitrogens with zero attached hydrogens (tertiary/aromatic N) is 1. The van der Waals surface area contributed by atoms with E-state index in [2.05, 4.69) is 0 Å². The Bertz CT molecular complexity index is 720. The molecule has 2 bridgehead atoms. The first kappa shape index (κ1) is 20.4. The summed E-state index contributed by atoms with van der Waals surface area (Å²) in [5.74, 6) is -2.32. The van der Waals surface area contributed by atoms with Crippen LogP contribution in [0.15, 0.2) is 0 Å². The molecule has 7 heteroatoms. The molecule has 4 rings (SSSR count). The van der Waals surface area contributed by atoms with Gasteiger partial charge in [0.1, 0.15) is 18.0 Å². The van der Waals surface area contributed by atoms with E-state index < -0.39 is 30.1 Å². The van der Waals surface area contributed by atoms with Gasteiger partial charge in [-0.25, -0.2) is 0 Å². The molecule has 4 aliphatic rings. The van der Waals surface area contributed by atoms with Crippen LogP contribution in [0.3, 0.4) is 0 Å². The summed E-state index contributed by atoms with van der Waals surface area (Å²) >= 11 is 0. The van der Waals surface area contributed by atoms with Gasteiger partial charge in [0.05, 0.1) is 23.8 Å². The van der Waals surface area contributed by atoms with Gasteiger partial charge in [-0.2, -0.15) is 0 Å². The number of fused-ring (bicyclic) bond motifs is 3. The lowest BCUT2D eigenvalue weighted by Gasteiger charge is -2.36. The van der Waals surface area contributed by atoms with E-state index in [-0.39, 0.29) is 47.8 Å². The summed E-state index contributed by atoms with van der Waals surface area (Å²) in [7, 11) is 0. The number of Topliss-reactive ketones (excluding diaryl/α,β-unsaturated/α-hetero) is 1. The minimum absolute atomic E-state index is 0.0269. The number of cyclic esters (lactones) is 1. The average Bonchev–Trinajstić information content (AvgIpc) is 3.09. The fourth-order valence-corrected chi connectivity index (χ4v) is 5.91. The van der Waals surface area contributed by atoms with Crippen molar-refractivity contribution in [3.63, 3.8) is 0 Å². The van der Waals surface area contributed by atoms with Crippen molar-refractivity contribution in [3.05, 3.63) is 0 Å². The van der Waals surface area contributed by atoms with Gasteiger partial charge >= 0.3 is 11.9 Å². The van der Waals surface area contributed by atoms with Gasteiger partial charge in [-0.3, -0.25) is 19.2 Å². The highest BCUT2D eigenvalue weighted by atomic mass is 16.6. The van der Waals surface area contributed by atoms with Gasteiger partial charge in [0, 0.05) is 24.8 Å². The molecule has 0 unspecified atom stereocenters. The van der Waals surface area contributed by atoms with E-state index in [1.54, 1.807) is 6.92 Å². The standard InChI is InChI=1S/C22H31NO6/c1-4-13-14-7-5-6-8-23(20(14)25)15(17-9-11(2)21(26)28-17)10-16(24)18-12(3)22(27)29-19(13)18/h11-15,17-19H,4-10H2,1-3H3/t11-,12-,13+,14+,15-,17-,18+,19-/m0/s1. The first-order valence-electron chi connectivity index (χ1n) is 11.1. The first-order chi connectivity index (χ1) is 13.8. The van der Waals surface area contributed by atoms with Gasteiger partial charge in [0.2, 0.25) is 5.91 Å². The molecule has 0 aliphatic carbocycles. The van der Waals surface area contributed by atoms with Crippen molar-refractivity contribution in [1.29, 1.82) is 0 Å². The van der Waals surface area contributed by atoms with Crippen LogP contribution in [-0.2, 0) is 28.7 Å². The summed E-state index contributed by atoms with van der Waals surface area (Å²) < 4.78 is 11.3. The predicted molar refractivity (Wildman–Crippen MR) is 102 cm³/mol. The van der Waals surface area contributed by atoms with Crippen LogP contribution in [0.25, 0.3) is 0 Å². The SMILES string of the molecule is CC[C@H]1[C@@H]2OC(=O)[C@@H](C)[C@@H]2C(=O)C[C@@H]([C@@H]2C[C@H](C)C(=O)O2)N2CCCC[C@H]1C2=O. The van der Waals surface area contributed by atoms with Gasteiger partial charge in [-0.15, -0.1) is 0 Å². The summed E-state index contributed by atoms with van der Waals surface area (Å²) in [6, 6.07) is -0.455. The number of carbonyl (C=O) groups is 4. The van der Waals surface area contributed by atoms with Crippen LogP contribution >= 0.6 is 0 Å². The quantitative estimate of drug-likeness (QED) is 0.654. The third kappa shape index (κ3) is 3.36. The summed E-state index contributed by atoms with van der Waals surface area (Å²) in [6.07, 6.45) is 2.84. The third-order valence-electron chi connectivity index (χ3n) is 7.56. The monoisotopic (exact) mass is 405 g/mol. The fraction of sp³-hybridized carbons (Fsp3) is 0.818. The smallest absolute Gasteiger partial charge is 0.309 e. The van der Waals surface area contributed by atoms with Crippen LogP contribution in [-0.4, -0.2) is 53.3 Å². The van der Waals surface area contributed by atoms with Crippen LogP contribution in [0.5, 0.6) is 0 Å². The molecule has 4 aliphatic heterocycles. The third-order valence-corrected chi connectivity index (χ3v) is 7.56. The highest BCUT2D eigenvalue weighted by Crippen LogP contribution is 2.43. The summed E-state index contributed by atoms with van der Waals surface area (Å²) in [6.45, 7) is 6.15. The molecule has 0 radical (unpaired) electrons. The fourth-order valence-electron chi connectivity index (χ4n) is 5.91. The molecule has 0 N–H and O–H groups in total.